The zero-order valence-corrected chi connectivity index (χ0v) is 10.2. The molecule has 0 fully saturated rings. The summed E-state index contributed by atoms with van der Waals surface area (Å²) in [5.74, 6) is -0.903. The van der Waals surface area contributed by atoms with E-state index in [-0.39, 0.29) is 0 Å². The lowest BCUT2D eigenvalue weighted by Gasteiger charge is -1.94. The molecule has 0 aliphatic heterocycles. The average Bonchev–Trinajstić information content (AvgIpc) is 2.79. The second-order valence-electron chi connectivity index (χ2n) is 3.85. The first-order valence-corrected chi connectivity index (χ1v) is 6.31. The van der Waals surface area contributed by atoms with E-state index in [1.165, 1.54) is 11.3 Å². The van der Waals surface area contributed by atoms with Crippen molar-refractivity contribution in [2.45, 2.75) is 0 Å². The van der Waals surface area contributed by atoms with Crippen LogP contribution < -0.4 is 4.57 Å². The molecule has 1 heterocycles. The van der Waals surface area contributed by atoms with Crippen LogP contribution in [0.2, 0.25) is 0 Å². The normalized spacial score (nSPS) is 10.7. The van der Waals surface area contributed by atoms with Crippen LogP contribution in [0.15, 0.2) is 54.6 Å². The number of carboxylic acid groups (broad SMARTS) is 1. The third-order valence-corrected chi connectivity index (χ3v) is 3.83. The highest BCUT2D eigenvalue weighted by Crippen LogP contribution is 2.22. The van der Waals surface area contributed by atoms with E-state index in [1.807, 2.05) is 54.6 Å². The molecule has 4 heteroatoms. The molecule has 3 rings (SSSR count). The first kappa shape index (κ1) is 10.9. The van der Waals surface area contributed by atoms with Gasteiger partial charge in [0.25, 0.3) is 0 Å². The van der Waals surface area contributed by atoms with E-state index >= 15 is 0 Å². The molecule has 88 valence electrons. The monoisotopic (exact) mass is 256 g/mol. The zero-order valence-electron chi connectivity index (χ0n) is 9.41. The lowest BCUT2D eigenvalue weighted by Crippen LogP contribution is -2.35. The first-order chi connectivity index (χ1) is 8.77. The van der Waals surface area contributed by atoms with Crippen LogP contribution in [-0.2, 0) is 0 Å². The van der Waals surface area contributed by atoms with Crippen LogP contribution in [0.1, 0.15) is 9.80 Å². The molecule has 2 aromatic carbocycles. The SMILES string of the molecule is O=C(O)c1sc2ccccc2[n+]1-c1ccccc1. The molecule has 0 unspecified atom stereocenters. The number of aromatic nitrogens is 1. The first-order valence-electron chi connectivity index (χ1n) is 5.49. The van der Waals surface area contributed by atoms with E-state index in [4.69, 9.17) is 0 Å². The number of hydrogen-bond donors (Lipinski definition) is 1. The number of carboxylic acids is 1. The van der Waals surface area contributed by atoms with Crippen molar-refractivity contribution < 1.29 is 14.5 Å². The Morgan fingerprint density at radius 2 is 1.67 bits per heavy atom. The Hall–Kier alpha value is -2.20. The maximum absolute atomic E-state index is 11.4. The van der Waals surface area contributed by atoms with Crippen molar-refractivity contribution in [3.63, 3.8) is 0 Å². The highest BCUT2D eigenvalue weighted by molar-refractivity contribution is 7.19. The Morgan fingerprint density at radius 3 is 2.39 bits per heavy atom. The number of para-hydroxylation sites is 2. The summed E-state index contributed by atoms with van der Waals surface area (Å²) >= 11 is 1.29. The van der Waals surface area contributed by atoms with Crippen molar-refractivity contribution in [2.75, 3.05) is 0 Å². The summed E-state index contributed by atoms with van der Waals surface area (Å²) in [6, 6.07) is 17.2. The van der Waals surface area contributed by atoms with E-state index in [0.29, 0.717) is 5.01 Å². The Labute approximate surface area is 108 Å². The van der Waals surface area contributed by atoms with Crippen LogP contribution in [0.5, 0.6) is 0 Å². The molecule has 3 nitrogen and oxygen atoms in total. The van der Waals surface area contributed by atoms with Crippen LogP contribution in [0.25, 0.3) is 15.9 Å². The Kier molecular flexibility index (Phi) is 2.57. The van der Waals surface area contributed by atoms with Gasteiger partial charge in [0.2, 0.25) is 11.2 Å². The number of thiazole rings is 1. The molecule has 0 aliphatic carbocycles. The summed E-state index contributed by atoms with van der Waals surface area (Å²) in [5, 5.41) is 9.64. The Balaban J connectivity index is 2.38. The molecule has 0 aliphatic rings. The maximum Gasteiger partial charge on any atom is 0.413 e. The summed E-state index contributed by atoms with van der Waals surface area (Å²) < 4.78 is 2.75. The topological polar surface area (TPSA) is 41.2 Å². The molecule has 0 radical (unpaired) electrons. The summed E-state index contributed by atoms with van der Waals surface area (Å²) in [7, 11) is 0. The minimum absolute atomic E-state index is 0.322. The minimum Gasteiger partial charge on any atom is -0.473 e. The lowest BCUT2D eigenvalue weighted by atomic mass is 10.3. The van der Waals surface area contributed by atoms with Gasteiger partial charge in [-0.2, -0.15) is 0 Å². The van der Waals surface area contributed by atoms with Gasteiger partial charge in [0, 0.05) is 18.2 Å². The predicted molar refractivity (Wildman–Crippen MR) is 70.3 cm³/mol. The summed E-state index contributed by atoms with van der Waals surface area (Å²) in [6.07, 6.45) is 0. The van der Waals surface area contributed by atoms with Gasteiger partial charge >= 0.3 is 11.0 Å². The second kappa shape index (κ2) is 4.23. The summed E-state index contributed by atoms with van der Waals surface area (Å²) in [6.45, 7) is 0. The third kappa shape index (κ3) is 1.67. The summed E-state index contributed by atoms with van der Waals surface area (Å²) in [4.78, 5) is 11.4. The van der Waals surface area contributed by atoms with Crippen molar-refractivity contribution in [1.29, 1.82) is 0 Å². The van der Waals surface area contributed by atoms with Gasteiger partial charge < -0.3 is 5.11 Å². The number of aromatic carboxylic acids is 1. The average molecular weight is 256 g/mol. The van der Waals surface area contributed by atoms with Gasteiger partial charge in [-0.05, 0) is 6.07 Å². The second-order valence-corrected chi connectivity index (χ2v) is 4.88. The fourth-order valence-corrected chi connectivity index (χ4v) is 2.96. The number of carbonyl (C=O) groups is 1. The molecule has 3 aromatic rings. The van der Waals surface area contributed by atoms with Crippen LogP contribution in [0.4, 0.5) is 0 Å². The quantitative estimate of drug-likeness (QED) is 0.716. The van der Waals surface area contributed by atoms with Crippen LogP contribution in [0.3, 0.4) is 0 Å². The van der Waals surface area contributed by atoms with Crippen molar-refractivity contribution in [2.24, 2.45) is 0 Å². The number of nitrogens with zero attached hydrogens (tertiary/aromatic N) is 1. The van der Waals surface area contributed by atoms with Gasteiger partial charge in [0.1, 0.15) is 4.70 Å². The number of benzene rings is 2. The van der Waals surface area contributed by atoms with E-state index in [9.17, 15) is 9.90 Å². The van der Waals surface area contributed by atoms with Crippen LogP contribution in [-0.4, -0.2) is 11.1 Å². The fourth-order valence-electron chi connectivity index (χ4n) is 1.96. The largest absolute Gasteiger partial charge is 0.473 e. The number of rotatable bonds is 2. The van der Waals surface area contributed by atoms with Crippen molar-refractivity contribution in [3.8, 4) is 5.69 Å². The molecule has 1 aromatic heterocycles. The van der Waals surface area contributed by atoms with Gasteiger partial charge in [-0.1, -0.05) is 41.7 Å². The van der Waals surface area contributed by atoms with Gasteiger partial charge in [0.05, 0.1) is 0 Å². The lowest BCUT2D eigenvalue weighted by molar-refractivity contribution is -0.565. The Bertz CT molecular complexity index is 719. The van der Waals surface area contributed by atoms with Gasteiger partial charge in [-0.15, -0.1) is 4.57 Å². The Morgan fingerprint density at radius 1 is 1.00 bits per heavy atom. The van der Waals surface area contributed by atoms with Crippen LogP contribution >= 0.6 is 11.3 Å². The van der Waals surface area contributed by atoms with E-state index in [2.05, 4.69) is 0 Å². The molecule has 0 bridgehead atoms. The highest BCUT2D eigenvalue weighted by Gasteiger charge is 2.27. The van der Waals surface area contributed by atoms with Gasteiger partial charge in [0.15, 0.2) is 0 Å². The molecule has 0 spiro atoms. The van der Waals surface area contributed by atoms with E-state index in [1.54, 1.807) is 4.57 Å². The minimum atomic E-state index is -0.903. The van der Waals surface area contributed by atoms with E-state index < -0.39 is 5.97 Å². The molecule has 0 saturated heterocycles. The molecule has 1 N–H and O–H groups in total. The third-order valence-electron chi connectivity index (χ3n) is 2.71. The van der Waals surface area contributed by atoms with Crippen molar-refractivity contribution in [3.05, 3.63) is 59.6 Å². The van der Waals surface area contributed by atoms with Crippen molar-refractivity contribution >= 4 is 27.5 Å². The summed E-state index contributed by atoms with van der Waals surface area (Å²) in [5.41, 5.74) is 1.79. The highest BCUT2D eigenvalue weighted by atomic mass is 32.1. The predicted octanol–water partition coefficient (Wildman–Crippen LogP) is 2.88. The number of hydrogen-bond acceptors (Lipinski definition) is 2. The maximum atomic E-state index is 11.4. The van der Waals surface area contributed by atoms with Gasteiger partial charge in [-0.3, -0.25) is 0 Å². The van der Waals surface area contributed by atoms with Crippen LogP contribution in [0, 0.1) is 0 Å². The standard InChI is InChI=1S/C14H9NO2S/c16-14(17)13-15(10-6-2-1-3-7-10)11-8-4-5-9-12(11)18-13/h1-9H/p+1. The molecule has 0 amide bonds. The zero-order chi connectivity index (χ0) is 12.5. The molecular weight excluding hydrogens is 246 g/mol. The molecule has 0 atom stereocenters. The molecule has 18 heavy (non-hydrogen) atoms. The van der Waals surface area contributed by atoms with Gasteiger partial charge in [-0.25, -0.2) is 4.79 Å². The van der Waals surface area contributed by atoms with E-state index in [0.717, 1.165) is 15.9 Å². The number of fused-ring (bicyclic) bond motifs is 1. The molecular formula is C14H10NO2S+. The van der Waals surface area contributed by atoms with Crippen molar-refractivity contribution in [1.82, 2.24) is 0 Å². The smallest absolute Gasteiger partial charge is 0.413 e. The fraction of sp³-hybridized carbons (Fsp3) is 0. The molecule has 0 saturated carbocycles.